The number of amides is 1. The summed E-state index contributed by atoms with van der Waals surface area (Å²) in [5.74, 6) is -0.392. The summed E-state index contributed by atoms with van der Waals surface area (Å²) in [6, 6.07) is 16.7. The van der Waals surface area contributed by atoms with Gasteiger partial charge < -0.3 is 0 Å². The fourth-order valence-corrected chi connectivity index (χ4v) is 3.54. The average molecular weight is 403 g/mol. The molecule has 1 aromatic carbocycles. The molecule has 1 N–H and O–H groups in total. The summed E-state index contributed by atoms with van der Waals surface area (Å²) in [6.07, 6.45) is 4.72. The highest BCUT2D eigenvalue weighted by atomic mass is 32.1. The van der Waals surface area contributed by atoms with E-state index in [1.54, 1.807) is 30.7 Å². The zero-order valence-electron chi connectivity index (χ0n) is 15.5. The fraction of sp³-hybridized carbons (Fsp3) is 0.0952. The number of hydrogen-bond acceptors (Lipinski definition) is 7. The van der Waals surface area contributed by atoms with Crippen LogP contribution in [0.25, 0.3) is 21.3 Å². The Morgan fingerprint density at radius 1 is 0.966 bits per heavy atom. The van der Waals surface area contributed by atoms with Crippen molar-refractivity contribution in [2.24, 2.45) is 0 Å². The predicted molar refractivity (Wildman–Crippen MR) is 110 cm³/mol. The van der Waals surface area contributed by atoms with Gasteiger partial charge in [-0.2, -0.15) is 0 Å². The third-order valence-electron chi connectivity index (χ3n) is 4.20. The van der Waals surface area contributed by atoms with Crippen LogP contribution in [0.3, 0.4) is 0 Å². The summed E-state index contributed by atoms with van der Waals surface area (Å²) < 4.78 is 0. The second-order valence-electron chi connectivity index (χ2n) is 6.15. The van der Waals surface area contributed by atoms with Gasteiger partial charge in [-0.25, -0.2) is 5.48 Å². The molecule has 0 bridgehead atoms. The maximum atomic E-state index is 12.7. The van der Waals surface area contributed by atoms with Crippen LogP contribution in [0.5, 0.6) is 0 Å². The van der Waals surface area contributed by atoms with Gasteiger partial charge in [0.1, 0.15) is 16.8 Å². The van der Waals surface area contributed by atoms with Gasteiger partial charge in [-0.05, 0) is 36.8 Å². The predicted octanol–water partition coefficient (Wildman–Crippen LogP) is 4.08. The summed E-state index contributed by atoms with van der Waals surface area (Å²) in [6.45, 7) is 1.87. The minimum atomic E-state index is -0.392. The van der Waals surface area contributed by atoms with E-state index >= 15 is 0 Å². The topological polar surface area (TPSA) is 89.9 Å². The monoisotopic (exact) mass is 403 g/mol. The van der Waals surface area contributed by atoms with Gasteiger partial charge in [0.05, 0.1) is 5.56 Å². The van der Waals surface area contributed by atoms with Crippen LogP contribution in [0.2, 0.25) is 0 Å². The molecule has 0 saturated carbocycles. The first kappa shape index (κ1) is 18.9. The van der Waals surface area contributed by atoms with Gasteiger partial charge in [-0.3, -0.25) is 19.6 Å². The third kappa shape index (κ3) is 4.34. The molecule has 1 amide bonds. The van der Waals surface area contributed by atoms with E-state index in [4.69, 9.17) is 4.84 Å². The van der Waals surface area contributed by atoms with Crippen molar-refractivity contribution >= 4 is 17.2 Å². The molecule has 0 saturated heterocycles. The molecular formula is C21H17N5O2S. The maximum Gasteiger partial charge on any atom is 0.277 e. The molecule has 1 atom stereocenters. The first-order chi connectivity index (χ1) is 14.2. The van der Waals surface area contributed by atoms with Gasteiger partial charge >= 0.3 is 0 Å². The zero-order valence-corrected chi connectivity index (χ0v) is 16.3. The summed E-state index contributed by atoms with van der Waals surface area (Å²) >= 11 is 1.36. The Kier molecular flexibility index (Phi) is 5.64. The van der Waals surface area contributed by atoms with Crippen molar-refractivity contribution in [3.63, 3.8) is 0 Å². The number of aromatic nitrogens is 4. The van der Waals surface area contributed by atoms with Crippen LogP contribution in [0.4, 0.5) is 0 Å². The van der Waals surface area contributed by atoms with E-state index in [0.717, 1.165) is 16.1 Å². The Balaban J connectivity index is 1.53. The van der Waals surface area contributed by atoms with Crippen LogP contribution in [0, 0.1) is 0 Å². The molecule has 0 aliphatic heterocycles. The lowest BCUT2D eigenvalue weighted by atomic mass is 10.1. The van der Waals surface area contributed by atoms with E-state index in [9.17, 15) is 4.79 Å². The van der Waals surface area contributed by atoms with E-state index in [1.165, 1.54) is 11.3 Å². The summed E-state index contributed by atoms with van der Waals surface area (Å²) in [5.41, 5.74) is 5.21. The van der Waals surface area contributed by atoms with Crippen LogP contribution in [-0.4, -0.2) is 26.1 Å². The molecule has 0 spiro atoms. The van der Waals surface area contributed by atoms with Gasteiger partial charge in [0.15, 0.2) is 5.01 Å². The lowest BCUT2D eigenvalue weighted by molar-refractivity contribution is -0.00888. The molecule has 4 aromatic rings. The van der Waals surface area contributed by atoms with E-state index in [2.05, 4.69) is 25.6 Å². The first-order valence-electron chi connectivity index (χ1n) is 8.92. The lowest BCUT2D eigenvalue weighted by Gasteiger charge is -2.14. The minimum absolute atomic E-state index is 0.292. The molecule has 0 aliphatic carbocycles. The van der Waals surface area contributed by atoms with Crippen molar-refractivity contribution in [2.75, 3.05) is 0 Å². The average Bonchev–Trinajstić information content (AvgIpc) is 3.28. The lowest BCUT2D eigenvalue weighted by Crippen LogP contribution is -2.26. The number of hydrogen-bond donors (Lipinski definition) is 1. The Morgan fingerprint density at radius 2 is 1.72 bits per heavy atom. The Labute approximate surface area is 171 Å². The molecule has 3 aromatic heterocycles. The van der Waals surface area contributed by atoms with E-state index < -0.39 is 5.91 Å². The van der Waals surface area contributed by atoms with Crippen molar-refractivity contribution in [3.05, 3.63) is 84.3 Å². The number of hydroxylamine groups is 1. The largest absolute Gasteiger partial charge is 0.277 e. The summed E-state index contributed by atoms with van der Waals surface area (Å²) in [4.78, 5) is 26.6. The molecule has 1 unspecified atom stereocenters. The van der Waals surface area contributed by atoms with Crippen molar-refractivity contribution in [1.29, 1.82) is 0 Å². The Bertz CT molecular complexity index is 1100. The molecule has 144 valence electrons. The second kappa shape index (κ2) is 8.68. The van der Waals surface area contributed by atoms with Crippen LogP contribution in [0.1, 0.15) is 28.9 Å². The number of carbonyl (C=O) groups excluding carboxylic acids is 1. The Morgan fingerprint density at radius 3 is 2.52 bits per heavy atom. The molecular weight excluding hydrogens is 386 g/mol. The number of nitrogens with one attached hydrogen (secondary N) is 1. The highest BCUT2D eigenvalue weighted by Crippen LogP contribution is 2.30. The van der Waals surface area contributed by atoms with Crippen LogP contribution >= 0.6 is 11.3 Å². The van der Waals surface area contributed by atoms with Crippen molar-refractivity contribution < 1.29 is 9.63 Å². The number of pyridine rings is 2. The number of nitrogens with zero attached hydrogens (tertiary/aromatic N) is 4. The summed E-state index contributed by atoms with van der Waals surface area (Å²) in [7, 11) is 0. The molecule has 0 aliphatic rings. The van der Waals surface area contributed by atoms with Gasteiger partial charge in [0.2, 0.25) is 0 Å². The van der Waals surface area contributed by atoms with Crippen molar-refractivity contribution in [3.8, 4) is 21.3 Å². The SMILES string of the molecule is CC(ONC(=O)c1cccnc1-c1nnc(-c2ccncc2)s1)c1ccccc1. The first-order valence-corrected chi connectivity index (χ1v) is 9.74. The normalized spacial score (nSPS) is 11.8. The maximum absolute atomic E-state index is 12.7. The van der Waals surface area contributed by atoms with E-state index in [-0.39, 0.29) is 6.10 Å². The number of benzene rings is 1. The number of rotatable bonds is 6. The molecule has 4 rings (SSSR count). The highest BCUT2D eigenvalue weighted by molar-refractivity contribution is 7.17. The molecule has 7 nitrogen and oxygen atoms in total. The number of carbonyl (C=O) groups is 1. The Hall–Kier alpha value is -3.49. The van der Waals surface area contributed by atoms with Crippen LogP contribution < -0.4 is 5.48 Å². The van der Waals surface area contributed by atoms with Gasteiger partial charge in [0.25, 0.3) is 5.91 Å². The van der Waals surface area contributed by atoms with Gasteiger partial charge in [0, 0.05) is 24.2 Å². The van der Waals surface area contributed by atoms with E-state index in [0.29, 0.717) is 16.3 Å². The molecule has 0 radical (unpaired) electrons. The van der Waals surface area contributed by atoms with Crippen molar-refractivity contribution in [1.82, 2.24) is 25.6 Å². The molecule has 3 heterocycles. The summed E-state index contributed by atoms with van der Waals surface area (Å²) in [5, 5.41) is 9.71. The smallest absolute Gasteiger partial charge is 0.267 e. The standard InChI is InChI=1S/C21H17N5O2S/c1-14(15-6-3-2-4-7-15)28-26-19(27)17-8-5-11-23-18(17)21-25-24-20(29-21)16-9-12-22-13-10-16/h2-14H,1H3,(H,26,27). The van der Waals surface area contributed by atoms with Gasteiger partial charge in [-0.1, -0.05) is 41.7 Å². The van der Waals surface area contributed by atoms with Crippen LogP contribution in [0.15, 0.2) is 73.2 Å². The van der Waals surface area contributed by atoms with Crippen molar-refractivity contribution in [2.45, 2.75) is 13.0 Å². The molecule has 0 fully saturated rings. The minimum Gasteiger partial charge on any atom is -0.267 e. The third-order valence-corrected chi connectivity index (χ3v) is 5.18. The fourth-order valence-electron chi connectivity index (χ4n) is 2.68. The molecule has 29 heavy (non-hydrogen) atoms. The van der Waals surface area contributed by atoms with E-state index in [1.807, 2.05) is 49.4 Å². The zero-order chi connectivity index (χ0) is 20.1. The molecule has 8 heteroatoms. The highest BCUT2D eigenvalue weighted by Gasteiger charge is 2.19. The second-order valence-corrected chi connectivity index (χ2v) is 7.13. The van der Waals surface area contributed by atoms with Crippen LogP contribution in [-0.2, 0) is 4.84 Å². The van der Waals surface area contributed by atoms with Gasteiger partial charge in [-0.15, -0.1) is 10.2 Å². The quantitative estimate of drug-likeness (QED) is 0.488.